The number of fused-ring (bicyclic) bond motifs is 1. The van der Waals surface area contributed by atoms with Crippen LogP contribution < -0.4 is 10.6 Å². The van der Waals surface area contributed by atoms with Crippen LogP contribution >= 0.6 is 0 Å². The Morgan fingerprint density at radius 1 is 1.18 bits per heavy atom. The molecule has 0 heterocycles. The Bertz CT molecular complexity index is 438. The predicted molar refractivity (Wildman–Crippen MR) is 68.3 cm³/mol. The van der Waals surface area contributed by atoms with Gasteiger partial charge in [-0.2, -0.15) is 0 Å². The standard InChI is InChI=1S/C14H18N2O/c17-14(15-11-8-9-11)16-13-7-3-5-10-4-1-2-6-12(10)13/h3,5,7,11H,1-2,4,6,8-9H2,(H2,15,16,17). The molecule has 2 N–H and O–H groups in total. The van der Waals surface area contributed by atoms with Gasteiger partial charge in [0, 0.05) is 11.7 Å². The van der Waals surface area contributed by atoms with E-state index in [2.05, 4.69) is 16.7 Å². The number of urea groups is 1. The zero-order chi connectivity index (χ0) is 11.7. The topological polar surface area (TPSA) is 41.1 Å². The molecule has 1 fully saturated rings. The zero-order valence-electron chi connectivity index (χ0n) is 9.96. The van der Waals surface area contributed by atoms with Gasteiger partial charge in [0.25, 0.3) is 0 Å². The number of rotatable bonds is 2. The molecule has 90 valence electrons. The predicted octanol–water partition coefficient (Wildman–Crippen LogP) is 2.85. The van der Waals surface area contributed by atoms with Crippen LogP contribution in [0.4, 0.5) is 10.5 Å². The fourth-order valence-electron chi connectivity index (χ4n) is 2.47. The Morgan fingerprint density at radius 3 is 2.82 bits per heavy atom. The van der Waals surface area contributed by atoms with Crippen molar-refractivity contribution in [2.75, 3.05) is 5.32 Å². The Hall–Kier alpha value is -1.51. The Morgan fingerprint density at radius 2 is 2.00 bits per heavy atom. The molecule has 0 aromatic heterocycles. The van der Waals surface area contributed by atoms with E-state index >= 15 is 0 Å². The van der Waals surface area contributed by atoms with Gasteiger partial charge in [-0.05, 0) is 55.7 Å². The molecule has 3 rings (SSSR count). The molecule has 3 heteroatoms. The molecule has 0 spiro atoms. The van der Waals surface area contributed by atoms with Crippen molar-refractivity contribution in [1.82, 2.24) is 5.32 Å². The molecule has 2 aliphatic carbocycles. The van der Waals surface area contributed by atoms with Gasteiger partial charge in [-0.25, -0.2) is 4.79 Å². The summed E-state index contributed by atoms with van der Waals surface area (Å²) in [4.78, 5) is 11.7. The van der Waals surface area contributed by atoms with E-state index in [0.29, 0.717) is 6.04 Å². The fourth-order valence-corrected chi connectivity index (χ4v) is 2.47. The minimum atomic E-state index is -0.0496. The first-order valence-corrected chi connectivity index (χ1v) is 6.51. The maximum absolute atomic E-state index is 11.7. The van der Waals surface area contributed by atoms with E-state index in [1.165, 1.54) is 24.0 Å². The first-order valence-electron chi connectivity index (χ1n) is 6.51. The zero-order valence-corrected chi connectivity index (χ0v) is 9.96. The maximum Gasteiger partial charge on any atom is 0.319 e. The highest BCUT2D eigenvalue weighted by Crippen LogP contribution is 2.28. The minimum absolute atomic E-state index is 0.0496. The largest absolute Gasteiger partial charge is 0.335 e. The summed E-state index contributed by atoms with van der Waals surface area (Å²) in [5.74, 6) is 0. The quantitative estimate of drug-likeness (QED) is 0.806. The first kappa shape index (κ1) is 10.6. The third-order valence-electron chi connectivity index (χ3n) is 3.56. The Labute approximate surface area is 102 Å². The Balaban J connectivity index is 1.75. The van der Waals surface area contributed by atoms with Gasteiger partial charge in [0.1, 0.15) is 0 Å². The third-order valence-corrected chi connectivity index (χ3v) is 3.56. The number of anilines is 1. The van der Waals surface area contributed by atoms with Crippen molar-refractivity contribution >= 4 is 11.7 Å². The van der Waals surface area contributed by atoms with E-state index < -0.39 is 0 Å². The first-order chi connectivity index (χ1) is 8.33. The van der Waals surface area contributed by atoms with Gasteiger partial charge in [-0.1, -0.05) is 12.1 Å². The van der Waals surface area contributed by atoms with Crippen molar-refractivity contribution in [2.24, 2.45) is 0 Å². The van der Waals surface area contributed by atoms with Crippen LogP contribution in [-0.2, 0) is 12.8 Å². The lowest BCUT2D eigenvalue weighted by atomic mass is 9.90. The lowest BCUT2D eigenvalue weighted by molar-refractivity contribution is 0.251. The number of carbonyl (C=O) groups is 1. The molecule has 0 saturated heterocycles. The molecule has 2 aliphatic rings. The highest BCUT2D eigenvalue weighted by molar-refractivity contribution is 5.90. The molecular weight excluding hydrogens is 212 g/mol. The SMILES string of the molecule is O=C(Nc1cccc2c1CCCC2)NC1CC1. The van der Waals surface area contributed by atoms with Crippen molar-refractivity contribution in [2.45, 2.75) is 44.6 Å². The second-order valence-electron chi connectivity index (χ2n) is 5.02. The molecule has 0 unspecified atom stereocenters. The van der Waals surface area contributed by atoms with Crippen molar-refractivity contribution < 1.29 is 4.79 Å². The third kappa shape index (κ3) is 2.43. The van der Waals surface area contributed by atoms with Crippen LogP contribution in [-0.4, -0.2) is 12.1 Å². The van der Waals surface area contributed by atoms with Gasteiger partial charge in [-0.15, -0.1) is 0 Å². The van der Waals surface area contributed by atoms with Crippen LogP contribution in [0.3, 0.4) is 0 Å². The van der Waals surface area contributed by atoms with Gasteiger partial charge >= 0.3 is 6.03 Å². The molecule has 1 aromatic rings. The number of hydrogen-bond acceptors (Lipinski definition) is 1. The number of aryl methyl sites for hydroxylation is 1. The molecule has 17 heavy (non-hydrogen) atoms. The summed E-state index contributed by atoms with van der Waals surface area (Å²) in [5.41, 5.74) is 3.74. The normalized spacial score (nSPS) is 18.4. The molecular formula is C14H18N2O. The number of amides is 2. The number of benzene rings is 1. The second-order valence-corrected chi connectivity index (χ2v) is 5.02. The number of nitrogens with one attached hydrogen (secondary N) is 2. The van der Waals surface area contributed by atoms with Crippen LogP contribution in [0.1, 0.15) is 36.8 Å². The lowest BCUT2D eigenvalue weighted by Crippen LogP contribution is -2.31. The van der Waals surface area contributed by atoms with Crippen LogP contribution in [0, 0.1) is 0 Å². The summed E-state index contributed by atoms with van der Waals surface area (Å²) in [5, 5.41) is 5.95. The highest BCUT2D eigenvalue weighted by atomic mass is 16.2. The van der Waals surface area contributed by atoms with E-state index in [4.69, 9.17) is 0 Å². The molecule has 3 nitrogen and oxygen atoms in total. The average Bonchev–Trinajstić information content (AvgIpc) is 3.13. The summed E-state index contributed by atoms with van der Waals surface area (Å²) in [6.45, 7) is 0. The summed E-state index contributed by atoms with van der Waals surface area (Å²) < 4.78 is 0. The summed E-state index contributed by atoms with van der Waals surface area (Å²) >= 11 is 0. The fraction of sp³-hybridized carbons (Fsp3) is 0.500. The van der Waals surface area contributed by atoms with E-state index in [0.717, 1.165) is 31.4 Å². The van der Waals surface area contributed by atoms with Crippen LogP contribution in [0.2, 0.25) is 0 Å². The minimum Gasteiger partial charge on any atom is -0.335 e. The molecule has 0 radical (unpaired) electrons. The van der Waals surface area contributed by atoms with Crippen molar-refractivity contribution in [3.8, 4) is 0 Å². The van der Waals surface area contributed by atoms with Gasteiger partial charge in [0.15, 0.2) is 0 Å². The summed E-state index contributed by atoms with van der Waals surface area (Å²) in [7, 11) is 0. The van der Waals surface area contributed by atoms with Gasteiger partial charge in [0.2, 0.25) is 0 Å². The average molecular weight is 230 g/mol. The molecule has 0 atom stereocenters. The Kier molecular flexibility index (Phi) is 2.75. The van der Waals surface area contributed by atoms with E-state index in [1.54, 1.807) is 0 Å². The number of hydrogen-bond donors (Lipinski definition) is 2. The van der Waals surface area contributed by atoms with Crippen molar-refractivity contribution in [1.29, 1.82) is 0 Å². The number of carbonyl (C=O) groups excluding carboxylic acids is 1. The maximum atomic E-state index is 11.7. The van der Waals surface area contributed by atoms with E-state index in [1.807, 2.05) is 12.1 Å². The van der Waals surface area contributed by atoms with Gasteiger partial charge in [-0.3, -0.25) is 0 Å². The molecule has 1 aromatic carbocycles. The van der Waals surface area contributed by atoms with Gasteiger partial charge < -0.3 is 10.6 Å². The molecule has 0 aliphatic heterocycles. The molecule has 1 saturated carbocycles. The van der Waals surface area contributed by atoms with E-state index in [-0.39, 0.29) is 6.03 Å². The molecule has 0 bridgehead atoms. The van der Waals surface area contributed by atoms with Crippen molar-refractivity contribution in [3.63, 3.8) is 0 Å². The van der Waals surface area contributed by atoms with Crippen LogP contribution in [0.15, 0.2) is 18.2 Å². The van der Waals surface area contributed by atoms with Crippen LogP contribution in [0.25, 0.3) is 0 Å². The van der Waals surface area contributed by atoms with Crippen molar-refractivity contribution in [3.05, 3.63) is 29.3 Å². The monoisotopic (exact) mass is 230 g/mol. The summed E-state index contributed by atoms with van der Waals surface area (Å²) in [6, 6.07) is 6.59. The molecule has 2 amide bonds. The lowest BCUT2D eigenvalue weighted by Gasteiger charge is -2.19. The van der Waals surface area contributed by atoms with E-state index in [9.17, 15) is 4.79 Å². The smallest absolute Gasteiger partial charge is 0.319 e. The van der Waals surface area contributed by atoms with Crippen LogP contribution in [0.5, 0.6) is 0 Å². The van der Waals surface area contributed by atoms with Gasteiger partial charge in [0.05, 0.1) is 0 Å². The highest BCUT2D eigenvalue weighted by Gasteiger charge is 2.23. The summed E-state index contributed by atoms with van der Waals surface area (Å²) in [6.07, 6.45) is 6.99. The second kappa shape index (κ2) is 4.40.